The van der Waals surface area contributed by atoms with Crippen molar-refractivity contribution >= 4 is 17.9 Å². The Balaban J connectivity index is 1.37. The molecule has 5 aliphatic rings. The van der Waals surface area contributed by atoms with E-state index in [2.05, 4.69) is 52.0 Å². The lowest BCUT2D eigenvalue weighted by molar-refractivity contribution is -0.129. The smallest absolute Gasteiger partial charge is 0.219 e. The maximum atomic E-state index is 12.3. The van der Waals surface area contributed by atoms with Crippen molar-refractivity contribution in [1.82, 2.24) is 19.7 Å². The summed E-state index contributed by atoms with van der Waals surface area (Å²) in [6.07, 6.45) is 12.2. The average Bonchev–Trinajstić information content (AvgIpc) is 3.62. The number of hydrogen-bond donors (Lipinski definition) is 0. The maximum absolute atomic E-state index is 12.3. The first-order valence-electron chi connectivity index (χ1n) is 13.4. The molecule has 8 heteroatoms. The molecule has 6 rings (SSSR count). The van der Waals surface area contributed by atoms with Crippen LogP contribution in [0.1, 0.15) is 56.8 Å². The molecule has 1 saturated heterocycles. The van der Waals surface area contributed by atoms with Crippen molar-refractivity contribution < 1.29 is 9.53 Å². The molecule has 1 aromatic heterocycles. The highest BCUT2D eigenvalue weighted by Crippen LogP contribution is 2.43. The number of anilines is 1. The Hall–Kier alpha value is -2.61. The standard InChI is InChI=1S/C27H38N6O2/c1-4-19-11-21-12-20(22-13-28-30(3)15-22)5-6-25(21)32(14-19)27-24-16-31(18(2)34)9-7-26(24)33(29-27)23-8-10-35-17-23/h5-6,13,19-20,22-23H,4,7-12,14-17H2,1-3H3/t19-,20?,22?,23+/m1/s1. The first kappa shape index (κ1) is 22.8. The number of amides is 1. The lowest BCUT2D eigenvalue weighted by Gasteiger charge is -2.40. The van der Waals surface area contributed by atoms with Gasteiger partial charge in [-0.15, -0.1) is 0 Å². The third-order valence-electron chi connectivity index (χ3n) is 8.69. The van der Waals surface area contributed by atoms with Crippen LogP contribution in [0.5, 0.6) is 0 Å². The number of rotatable bonds is 4. The second-order valence-corrected chi connectivity index (χ2v) is 11.0. The van der Waals surface area contributed by atoms with Crippen LogP contribution in [0.15, 0.2) is 28.5 Å². The number of allylic oxidation sites excluding steroid dienone is 3. The van der Waals surface area contributed by atoms with E-state index in [1.165, 1.54) is 23.4 Å². The molecule has 8 nitrogen and oxygen atoms in total. The maximum Gasteiger partial charge on any atom is 0.219 e. The van der Waals surface area contributed by atoms with Crippen molar-refractivity contribution in [3.05, 3.63) is 34.7 Å². The summed E-state index contributed by atoms with van der Waals surface area (Å²) in [5.41, 5.74) is 5.44. The molecule has 35 heavy (non-hydrogen) atoms. The van der Waals surface area contributed by atoms with E-state index in [9.17, 15) is 4.79 Å². The van der Waals surface area contributed by atoms with Gasteiger partial charge in [-0.3, -0.25) is 14.5 Å². The van der Waals surface area contributed by atoms with Gasteiger partial charge in [0, 0.05) is 75.7 Å². The van der Waals surface area contributed by atoms with Gasteiger partial charge >= 0.3 is 0 Å². The average molecular weight is 479 g/mol. The molecule has 4 atom stereocenters. The molecule has 0 aromatic carbocycles. The Labute approximate surface area is 208 Å². The number of aromatic nitrogens is 2. The van der Waals surface area contributed by atoms with Crippen molar-refractivity contribution in [2.45, 2.75) is 58.5 Å². The molecule has 0 radical (unpaired) electrons. The van der Waals surface area contributed by atoms with Crippen molar-refractivity contribution in [2.75, 3.05) is 44.8 Å². The number of ether oxygens (including phenoxy) is 1. The third kappa shape index (κ3) is 4.09. The Morgan fingerprint density at radius 3 is 2.83 bits per heavy atom. The number of nitrogens with zero attached hydrogens (tertiary/aromatic N) is 6. The van der Waals surface area contributed by atoms with E-state index in [0.29, 0.717) is 30.3 Å². The second kappa shape index (κ2) is 9.12. The van der Waals surface area contributed by atoms with E-state index in [-0.39, 0.29) is 5.91 Å². The van der Waals surface area contributed by atoms with E-state index in [0.717, 1.165) is 64.3 Å². The van der Waals surface area contributed by atoms with E-state index >= 15 is 0 Å². The predicted octanol–water partition coefficient (Wildman–Crippen LogP) is 3.36. The normalized spacial score (nSPS) is 30.3. The first-order valence-corrected chi connectivity index (χ1v) is 13.4. The summed E-state index contributed by atoms with van der Waals surface area (Å²) >= 11 is 0. The van der Waals surface area contributed by atoms with E-state index in [1.807, 2.05) is 4.90 Å². The summed E-state index contributed by atoms with van der Waals surface area (Å²) in [5, 5.41) is 11.8. The van der Waals surface area contributed by atoms with Gasteiger partial charge in [-0.1, -0.05) is 19.4 Å². The van der Waals surface area contributed by atoms with Crippen LogP contribution < -0.4 is 4.90 Å². The summed E-state index contributed by atoms with van der Waals surface area (Å²) < 4.78 is 7.99. The van der Waals surface area contributed by atoms with Crippen molar-refractivity contribution in [3.8, 4) is 0 Å². The molecule has 1 fully saturated rings. The van der Waals surface area contributed by atoms with Crippen LogP contribution in [0.3, 0.4) is 0 Å². The molecule has 2 unspecified atom stereocenters. The van der Waals surface area contributed by atoms with Crippen LogP contribution >= 0.6 is 0 Å². The van der Waals surface area contributed by atoms with Gasteiger partial charge in [0.2, 0.25) is 5.91 Å². The Kier molecular flexibility index (Phi) is 5.95. The first-order chi connectivity index (χ1) is 17.0. The van der Waals surface area contributed by atoms with Gasteiger partial charge in [0.1, 0.15) is 0 Å². The van der Waals surface area contributed by atoms with Gasteiger partial charge in [-0.2, -0.15) is 10.2 Å². The van der Waals surface area contributed by atoms with Gasteiger partial charge < -0.3 is 14.5 Å². The van der Waals surface area contributed by atoms with Gasteiger partial charge in [0.25, 0.3) is 0 Å². The fraction of sp³-hybridized carbons (Fsp3) is 0.667. The number of hydrazone groups is 1. The summed E-state index contributed by atoms with van der Waals surface area (Å²) in [6, 6.07) is 0.298. The highest BCUT2D eigenvalue weighted by atomic mass is 16.5. The predicted molar refractivity (Wildman–Crippen MR) is 136 cm³/mol. The molecule has 188 valence electrons. The second-order valence-electron chi connectivity index (χ2n) is 11.0. The van der Waals surface area contributed by atoms with Crippen LogP contribution in [0.25, 0.3) is 0 Å². The largest absolute Gasteiger partial charge is 0.379 e. The van der Waals surface area contributed by atoms with Gasteiger partial charge in [0.15, 0.2) is 5.82 Å². The molecule has 5 heterocycles. The number of carbonyl (C=O) groups excluding carboxylic acids is 1. The topological polar surface area (TPSA) is 66.2 Å². The van der Waals surface area contributed by atoms with E-state index in [4.69, 9.17) is 9.84 Å². The fourth-order valence-electron chi connectivity index (χ4n) is 6.57. The molecule has 4 aliphatic heterocycles. The van der Waals surface area contributed by atoms with Crippen LogP contribution in [0.4, 0.5) is 5.82 Å². The third-order valence-corrected chi connectivity index (χ3v) is 8.69. The molecule has 0 bridgehead atoms. The van der Waals surface area contributed by atoms with Crippen LogP contribution in [0.2, 0.25) is 0 Å². The summed E-state index contributed by atoms with van der Waals surface area (Å²) in [5.74, 6) is 2.82. The van der Waals surface area contributed by atoms with Crippen molar-refractivity contribution in [3.63, 3.8) is 0 Å². The Bertz CT molecular complexity index is 1080. The van der Waals surface area contributed by atoms with E-state index < -0.39 is 0 Å². The molecule has 0 N–H and O–H groups in total. The Morgan fingerprint density at radius 1 is 1.23 bits per heavy atom. The minimum atomic E-state index is 0.145. The zero-order chi connectivity index (χ0) is 24.1. The number of hydrogen-bond acceptors (Lipinski definition) is 6. The zero-order valence-corrected chi connectivity index (χ0v) is 21.3. The minimum Gasteiger partial charge on any atom is -0.379 e. The number of fused-ring (bicyclic) bond motifs is 1. The highest BCUT2D eigenvalue weighted by Gasteiger charge is 2.37. The molecule has 0 saturated carbocycles. The van der Waals surface area contributed by atoms with Crippen LogP contribution in [-0.4, -0.2) is 71.7 Å². The fourth-order valence-corrected chi connectivity index (χ4v) is 6.57. The minimum absolute atomic E-state index is 0.145. The van der Waals surface area contributed by atoms with Crippen LogP contribution in [-0.2, 0) is 22.5 Å². The lowest BCUT2D eigenvalue weighted by atomic mass is 9.78. The summed E-state index contributed by atoms with van der Waals surface area (Å²) in [4.78, 5) is 16.8. The van der Waals surface area contributed by atoms with Gasteiger partial charge in [-0.05, 0) is 42.7 Å². The summed E-state index contributed by atoms with van der Waals surface area (Å²) in [6.45, 7) is 8.94. The van der Waals surface area contributed by atoms with E-state index in [1.54, 1.807) is 12.5 Å². The van der Waals surface area contributed by atoms with Gasteiger partial charge in [0.05, 0.1) is 19.2 Å². The number of carbonyl (C=O) groups is 1. The van der Waals surface area contributed by atoms with Gasteiger partial charge in [-0.25, -0.2) is 0 Å². The quantitative estimate of drug-likeness (QED) is 0.664. The SMILES string of the molecule is CC[C@@H]1CC2=C(C=CC(C3C=NN(C)C3)C2)N(c2nn([C@H]3CCOC3)c3c2CN(C(C)=O)CC3)C1. The van der Waals surface area contributed by atoms with Crippen LogP contribution in [0, 0.1) is 17.8 Å². The summed E-state index contributed by atoms with van der Waals surface area (Å²) in [7, 11) is 2.06. The van der Waals surface area contributed by atoms with Crippen molar-refractivity contribution in [2.24, 2.45) is 22.9 Å². The lowest BCUT2D eigenvalue weighted by Crippen LogP contribution is -2.38. The van der Waals surface area contributed by atoms with Crippen molar-refractivity contribution in [1.29, 1.82) is 0 Å². The molecular weight excluding hydrogens is 440 g/mol. The zero-order valence-electron chi connectivity index (χ0n) is 21.3. The molecule has 1 aliphatic carbocycles. The monoisotopic (exact) mass is 478 g/mol. The molecule has 0 spiro atoms. The highest BCUT2D eigenvalue weighted by molar-refractivity contribution is 5.74. The molecular formula is C27H38N6O2. The Morgan fingerprint density at radius 2 is 2.11 bits per heavy atom. The molecule has 1 aromatic rings. The molecule has 1 amide bonds.